The molecule has 1 aromatic heterocycles. The van der Waals surface area contributed by atoms with Crippen molar-refractivity contribution in [1.82, 2.24) is 10.3 Å². The molecule has 0 aliphatic carbocycles. The molecule has 1 unspecified atom stereocenters. The molecule has 1 atom stereocenters. The second-order valence-corrected chi connectivity index (χ2v) is 4.91. The highest BCUT2D eigenvalue weighted by atomic mass is 32.2. The summed E-state index contributed by atoms with van der Waals surface area (Å²) in [4.78, 5) is 5.32. The van der Waals surface area contributed by atoms with Crippen LogP contribution in [-0.2, 0) is 0 Å². The Morgan fingerprint density at radius 3 is 3.31 bits per heavy atom. The van der Waals surface area contributed by atoms with Crippen molar-refractivity contribution in [3.63, 3.8) is 0 Å². The molecule has 1 aromatic rings. The predicted molar refractivity (Wildman–Crippen MR) is 72.8 cm³/mol. The van der Waals surface area contributed by atoms with Crippen molar-refractivity contribution in [2.45, 2.75) is 10.3 Å². The zero-order valence-corrected chi connectivity index (χ0v) is 10.6. The van der Waals surface area contributed by atoms with Gasteiger partial charge in [-0.25, -0.2) is 0 Å². The van der Waals surface area contributed by atoms with Gasteiger partial charge in [0.05, 0.1) is 22.3 Å². The highest BCUT2D eigenvalue weighted by Crippen LogP contribution is 2.37. The number of aromatic nitrogens is 1. The van der Waals surface area contributed by atoms with Crippen LogP contribution in [0.5, 0.6) is 0 Å². The van der Waals surface area contributed by atoms with Crippen molar-refractivity contribution in [2.24, 2.45) is 0 Å². The summed E-state index contributed by atoms with van der Waals surface area (Å²) < 4.78 is 0. The Bertz CT molecular complexity index is 404. The highest BCUT2D eigenvalue weighted by molar-refractivity contribution is 8.00. The number of pyridine rings is 1. The van der Waals surface area contributed by atoms with Crippen LogP contribution in [0.25, 0.3) is 0 Å². The van der Waals surface area contributed by atoms with Crippen LogP contribution in [0.2, 0.25) is 0 Å². The average Bonchev–Trinajstić information content (AvgIpc) is 2.71. The summed E-state index contributed by atoms with van der Waals surface area (Å²) in [6.07, 6.45) is 9.67. The van der Waals surface area contributed by atoms with Gasteiger partial charge in [0.25, 0.3) is 0 Å². The smallest absolute Gasteiger partial charge is 0.0960 e. The number of rotatable bonds is 3. The second kappa shape index (κ2) is 5.32. The van der Waals surface area contributed by atoms with Crippen LogP contribution >= 0.6 is 24.4 Å². The van der Waals surface area contributed by atoms with Crippen molar-refractivity contribution in [2.75, 3.05) is 12.4 Å². The number of nitrogens with one attached hydrogen (secondary N) is 2. The molecule has 0 saturated heterocycles. The molecule has 0 fully saturated rings. The lowest BCUT2D eigenvalue weighted by Crippen LogP contribution is -2.05. The third kappa shape index (κ3) is 2.74. The molecular formula is C11H13N3S2. The summed E-state index contributed by atoms with van der Waals surface area (Å²) >= 11 is 6.00. The van der Waals surface area contributed by atoms with E-state index in [9.17, 15) is 0 Å². The Morgan fingerprint density at radius 1 is 1.69 bits per heavy atom. The van der Waals surface area contributed by atoms with Gasteiger partial charge in [-0.2, -0.15) is 0 Å². The van der Waals surface area contributed by atoms with E-state index in [4.69, 9.17) is 0 Å². The molecule has 0 amide bonds. The number of anilines is 1. The van der Waals surface area contributed by atoms with Crippen molar-refractivity contribution < 1.29 is 0 Å². The molecule has 84 valence electrons. The van der Waals surface area contributed by atoms with Gasteiger partial charge in [-0.1, -0.05) is 23.9 Å². The maximum absolute atomic E-state index is 4.22. The lowest BCUT2D eigenvalue weighted by Gasteiger charge is -2.02. The van der Waals surface area contributed by atoms with Gasteiger partial charge in [-0.3, -0.25) is 4.98 Å². The molecule has 0 bridgehead atoms. The minimum absolute atomic E-state index is 0.272. The zero-order chi connectivity index (χ0) is 11.4. The predicted octanol–water partition coefficient (Wildman–Crippen LogP) is 2.47. The van der Waals surface area contributed by atoms with E-state index in [2.05, 4.69) is 34.3 Å². The van der Waals surface area contributed by atoms with Crippen LogP contribution in [0.3, 0.4) is 0 Å². The van der Waals surface area contributed by atoms with Crippen LogP contribution in [-0.4, -0.2) is 17.4 Å². The molecule has 2 N–H and O–H groups in total. The topological polar surface area (TPSA) is 37.0 Å². The van der Waals surface area contributed by atoms with Crippen LogP contribution in [0, 0.1) is 0 Å². The first-order valence-corrected chi connectivity index (χ1v) is 6.24. The van der Waals surface area contributed by atoms with Crippen molar-refractivity contribution in [3.8, 4) is 0 Å². The van der Waals surface area contributed by atoms with E-state index < -0.39 is 0 Å². The summed E-state index contributed by atoms with van der Waals surface area (Å²) in [5, 5.41) is 7.43. The standard InChI is InChI=1S/C11H13N3S2/c1-12-10(15)3-2-4-11-14-8-7-13-6-5-9(8)16-11/h2-7,11-12,14-15H,1H3/b4-2+,10-3-. The maximum Gasteiger partial charge on any atom is 0.0960 e. The fraction of sp³-hybridized carbons (Fsp3) is 0.182. The summed E-state index contributed by atoms with van der Waals surface area (Å²) in [7, 11) is 1.84. The van der Waals surface area contributed by atoms with E-state index in [1.165, 1.54) is 4.90 Å². The number of nitrogens with zero attached hydrogens (tertiary/aromatic N) is 1. The molecule has 1 aliphatic rings. The van der Waals surface area contributed by atoms with Gasteiger partial charge in [0.2, 0.25) is 0 Å². The summed E-state index contributed by atoms with van der Waals surface area (Å²) in [6, 6.07) is 2.02. The fourth-order valence-electron chi connectivity index (χ4n) is 1.33. The molecular weight excluding hydrogens is 238 g/mol. The van der Waals surface area contributed by atoms with Crippen LogP contribution in [0.1, 0.15) is 0 Å². The molecule has 0 radical (unpaired) electrons. The van der Waals surface area contributed by atoms with Gasteiger partial charge >= 0.3 is 0 Å². The number of fused-ring (bicyclic) bond motifs is 1. The number of thioether (sulfide) groups is 1. The minimum atomic E-state index is 0.272. The van der Waals surface area contributed by atoms with Crippen molar-refractivity contribution >= 4 is 30.1 Å². The molecule has 0 saturated carbocycles. The van der Waals surface area contributed by atoms with E-state index in [1.54, 1.807) is 11.8 Å². The number of allylic oxidation sites excluding steroid dienone is 2. The zero-order valence-electron chi connectivity index (χ0n) is 8.84. The molecule has 5 heteroatoms. The SMILES string of the molecule is CN/C(S)=C/C=C/C1Nc2cnccc2S1. The van der Waals surface area contributed by atoms with Gasteiger partial charge < -0.3 is 10.6 Å². The van der Waals surface area contributed by atoms with Crippen molar-refractivity contribution in [3.05, 3.63) is 41.7 Å². The summed E-state index contributed by atoms with van der Waals surface area (Å²) in [6.45, 7) is 0. The van der Waals surface area contributed by atoms with E-state index in [1.807, 2.05) is 37.7 Å². The first-order valence-electron chi connectivity index (χ1n) is 4.92. The summed E-state index contributed by atoms with van der Waals surface area (Å²) in [5.74, 6) is 0. The van der Waals surface area contributed by atoms with Crippen LogP contribution < -0.4 is 10.6 Å². The van der Waals surface area contributed by atoms with Gasteiger partial charge in [-0.05, 0) is 12.1 Å². The Morgan fingerprint density at radius 2 is 2.56 bits per heavy atom. The largest absolute Gasteiger partial charge is 0.383 e. The Balaban J connectivity index is 1.97. The minimum Gasteiger partial charge on any atom is -0.383 e. The van der Waals surface area contributed by atoms with Gasteiger partial charge in [0.15, 0.2) is 0 Å². The van der Waals surface area contributed by atoms with E-state index in [0.717, 1.165) is 10.7 Å². The molecule has 3 nitrogen and oxygen atoms in total. The Kier molecular flexibility index (Phi) is 3.79. The average molecular weight is 251 g/mol. The molecule has 16 heavy (non-hydrogen) atoms. The third-order valence-corrected chi connectivity index (χ3v) is 3.64. The maximum atomic E-state index is 4.22. The van der Waals surface area contributed by atoms with E-state index in [-0.39, 0.29) is 5.37 Å². The lowest BCUT2D eigenvalue weighted by atomic mass is 10.4. The van der Waals surface area contributed by atoms with Gasteiger partial charge in [0, 0.05) is 18.1 Å². The Hall–Kier alpha value is -1.07. The van der Waals surface area contributed by atoms with E-state index in [0.29, 0.717) is 0 Å². The molecule has 0 spiro atoms. The second-order valence-electron chi connectivity index (χ2n) is 3.24. The fourth-order valence-corrected chi connectivity index (χ4v) is 2.42. The normalized spacial score (nSPS) is 19.6. The molecule has 1 aliphatic heterocycles. The molecule has 2 rings (SSSR count). The Labute approximate surface area is 105 Å². The van der Waals surface area contributed by atoms with E-state index >= 15 is 0 Å². The first-order chi connectivity index (χ1) is 7.79. The third-order valence-electron chi connectivity index (χ3n) is 2.13. The number of hydrogen-bond donors (Lipinski definition) is 3. The quantitative estimate of drug-likeness (QED) is 0.570. The van der Waals surface area contributed by atoms with Crippen LogP contribution in [0.4, 0.5) is 5.69 Å². The highest BCUT2D eigenvalue weighted by Gasteiger charge is 2.17. The summed E-state index contributed by atoms with van der Waals surface area (Å²) in [5.41, 5.74) is 1.10. The first kappa shape index (κ1) is 11.4. The van der Waals surface area contributed by atoms with Gasteiger partial charge in [0.1, 0.15) is 0 Å². The lowest BCUT2D eigenvalue weighted by molar-refractivity contribution is 1.08. The molecule has 2 heterocycles. The number of hydrogen-bond acceptors (Lipinski definition) is 5. The molecule has 0 aromatic carbocycles. The van der Waals surface area contributed by atoms with Crippen LogP contribution in [0.15, 0.2) is 46.6 Å². The monoisotopic (exact) mass is 251 g/mol. The number of thiol groups is 1. The van der Waals surface area contributed by atoms with Gasteiger partial charge in [-0.15, -0.1) is 12.6 Å². The van der Waals surface area contributed by atoms with Crippen molar-refractivity contribution in [1.29, 1.82) is 0 Å².